The van der Waals surface area contributed by atoms with Crippen molar-refractivity contribution in [1.29, 1.82) is 0 Å². The lowest BCUT2D eigenvalue weighted by Gasteiger charge is -2.12. The summed E-state index contributed by atoms with van der Waals surface area (Å²) in [5, 5.41) is 13.4. The van der Waals surface area contributed by atoms with E-state index in [4.69, 9.17) is 0 Å². The van der Waals surface area contributed by atoms with Gasteiger partial charge in [0.1, 0.15) is 0 Å². The van der Waals surface area contributed by atoms with Crippen molar-refractivity contribution in [2.45, 2.75) is 24.9 Å². The number of hydrogen-bond donors (Lipinski definition) is 2. The van der Waals surface area contributed by atoms with Crippen molar-refractivity contribution < 1.29 is 9.90 Å². The Bertz CT molecular complexity index is 696. The zero-order valence-corrected chi connectivity index (χ0v) is 11.6. The fourth-order valence-corrected chi connectivity index (χ4v) is 3.33. The van der Waals surface area contributed by atoms with Crippen LogP contribution in [-0.4, -0.2) is 11.0 Å². The van der Waals surface area contributed by atoms with Crippen molar-refractivity contribution in [3.63, 3.8) is 0 Å². The molecule has 0 saturated heterocycles. The first-order valence-electron chi connectivity index (χ1n) is 7.38. The molecule has 106 valence electrons. The lowest BCUT2D eigenvalue weighted by atomic mass is 9.99. The van der Waals surface area contributed by atoms with Gasteiger partial charge in [0.05, 0.1) is 12.5 Å². The number of carbonyl (C=O) groups excluding carboxylic acids is 1. The van der Waals surface area contributed by atoms with Crippen LogP contribution >= 0.6 is 0 Å². The maximum Gasteiger partial charge on any atom is 0.228 e. The largest absolute Gasteiger partial charge is 0.388 e. The van der Waals surface area contributed by atoms with E-state index in [2.05, 4.69) is 17.4 Å². The number of carbonyl (C=O) groups is 1. The highest BCUT2D eigenvalue weighted by molar-refractivity contribution is 5.99. The van der Waals surface area contributed by atoms with Gasteiger partial charge in [0.25, 0.3) is 0 Å². The summed E-state index contributed by atoms with van der Waals surface area (Å²) >= 11 is 0. The first-order valence-corrected chi connectivity index (χ1v) is 7.38. The van der Waals surface area contributed by atoms with Gasteiger partial charge in [0.15, 0.2) is 0 Å². The highest BCUT2D eigenvalue weighted by Crippen LogP contribution is 2.54. The number of hydrogen-bond acceptors (Lipinski definition) is 2. The quantitative estimate of drug-likeness (QED) is 0.907. The molecule has 2 aromatic carbocycles. The van der Waals surface area contributed by atoms with Crippen LogP contribution in [0.2, 0.25) is 0 Å². The second-order valence-corrected chi connectivity index (χ2v) is 6.00. The number of aliphatic hydroxyl groups excluding tert-OH is 1. The average molecular weight is 279 g/mol. The number of aliphatic hydroxyl groups is 1. The molecule has 1 aliphatic heterocycles. The van der Waals surface area contributed by atoms with Crippen LogP contribution in [0.25, 0.3) is 0 Å². The number of fused-ring (bicyclic) bond motifs is 1. The molecule has 1 saturated carbocycles. The van der Waals surface area contributed by atoms with Gasteiger partial charge in [-0.1, -0.05) is 42.5 Å². The van der Waals surface area contributed by atoms with Crippen molar-refractivity contribution in [1.82, 2.24) is 0 Å². The lowest BCUT2D eigenvalue weighted by molar-refractivity contribution is -0.115. The minimum absolute atomic E-state index is 0.0326. The molecule has 1 fully saturated rings. The second-order valence-electron chi connectivity index (χ2n) is 6.00. The van der Waals surface area contributed by atoms with Crippen molar-refractivity contribution in [3.8, 4) is 0 Å². The molecule has 0 spiro atoms. The van der Waals surface area contributed by atoms with Crippen LogP contribution in [0.15, 0.2) is 48.5 Å². The molecule has 2 aromatic rings. The summed E-state index contributed by atoms with van der Waals surface area (Å²) < 4.78 is 0. The van der Waals surface area contributed by atoms with Crippen LogP contribution in [0, 0.1) is 5.92 Å². The minimum Gasteiger partial charge on any atom is -0.388 e. The van der Waals surface area contributed by atoms with Crippen molar-refractivity contribution in [3.05, 3.63) is 65.2 Å². The fourth-order valence-electron chi connectivity index (χ4n) is 3.33. The smallest absolute Gasteiger partial charge is 0.228 e. The monoisotopic (exact) mass is 279 g/mol. The molecule has 3 unspecified atom stereocenters. The molecule has 1 amide bonds. The van der Waals surface area contributed by atoms with E-state index in [1.807, 2.05) is 36.4 Å². The number of rotatable bonds is 3. The zero-order chi connectivity index (χ0) is 14.4. The second kappa shape index (κ2) is 4.71. The topological polar surface area (TPSA) is 49.3 Å². The number of anilines is 1. The molecule has 2 N–H and O–H groups in total. The molecule has 3 heteroatoms. The van der Waals surface area contributed by atoms with Crippen LogP contribution in [0.1, 0.15) is 35.1 Å². The SMILES string of the molecule is O=C1Cc2cc(C(O)C3CC3c3ccccc3)ccc2N1. The van der Waals surface area contributed by atoms with E-state index >= 15 is 0 Å². The summed E-state index contributed by atoms with van der Waals surface area (Å²) in [5.41, 5.74) is 4.10. The minimum atomic E-state index is -0.448. The summed E-state index contributed by atoms with van der Waals surface area (Å²) in [5.74, 6) is 0.773. The Morgan fingerprint density at radius 2 is 1.95 bits per heavy atom. The van der Waals surface area contributed by atoms with Gasteiger partial charge < -0.3 is 10.4 Å². The van der Waals surface area contributed by atoms with Crippen molar-refractivity contribution in [2.24, 2.45) is 5.92 Å². The van der Waals surface area contributed by atoms with Gasteiger partial charge in [0, 0.05) is 5.69 Å². The number of nitrogens with one attached hydrogen (secondary N) is 1. The zero-order valence-electron chi connectivity index (χ0n) is 11.6. The molecule has 1 heterocycles. The van der Waals surface area contributed by atoms with Gasteiger partial charge in [-0.05, 0) is 41.0 Å². The van der Waals surface area contributed by atoms with Crippen LogP contribution in [0.5, 0.6) is 0 Å². The molecule has 0 radical (unpaired) electrons. The first-order chi connectivity index (χ1) is 10.2. The highest BCUT2D eigenvalue weighted by Gasteiger charge is 2.43. The van der Waals surface area contributed by atoms with Crippen LogP contribution in [-0.2, 0) is 11.2 Å². The van der Waals surface area contributed by atoms with Crippen LogP contribution < -0.4 is 5.32 Å². The average Bonchev–Trinajstić information content (AvgIpc) is 3.22. The molecule has 4 rings (SSSR count). The summed E-state index contributed by atoms with van der Waals surface area (Å²) in [6, 6.07) is 16.2. The summed E-state index contributed by atoms with van der Waals surface area (Å²) in [4.78, 5) is 11.4. The highest BCUT2D eigenvalue weighted by atomic mass is 16.3. The third-order valence-electron chi connectivity index (χ3n) is 4.57. The summed E-state index contributed by atoms with van der Waals surface area (Å²) in [6.45, 7) is 0. The van der Waals surface area contributed by atoms with E-state index in [0.29, 0.717) is 12.3 Å². The van der Waals surface area contributed by atoms with Crippen molar-refractivity contribution >= 4 is 11.6 Å². The lowest BCUT2D eigenvalue weighted by Crippen LogP contribution is -2.03. The van der Waals surface area contributed by atoms with E-state index in [-0.39, 0.29) is 11.8 Å². The maximum atomic E-state index is 11.4. The van der Waals surface area contributed by atoms with Gasteiger partial charge in [-0.15, -0.1) is 0 Å². The van der Waals surface area contributed by atoms with E-state index in [1.165, 1.54) is 5.56 Å². The van der Waals surface area contributed by atoms with E-state index in [0.717, 1.165) is 23.2 Å². The Morgan fingerprint density at radius 1 is 1.14 bits per heavy atom. The van der Waals surface area contributed by atoms with Gasteiger partial charge in [0.2, 0.25) is 5.91 Å². The third kappa shape index (κ3) is 2.24. The molecule has 1 aliphatic carbocycles. The third-order valence-corrected chi connectivity index (χ3v) is 4.57. The standard InChI is InChI=1S/C18H17NO2/c20-17-9-13-8-12(6-7-16(13)19-17)18(21)15-10-14(15)11-4-2-1-3-5-11/h1-8,14-15,18,21H,9-10H2,(H,19,20). The van der Waals surface area contributed by atoms with E-state index < -0.39 is 6.10 Å². The van der Waals surface area contributed by atoms with E-state index in [1.54, 1.807) is 0 Å². The van der Waals surface area contributed by atoms with Crippen LogP contribution in [0.3, 0.4) is 0 Å². The summed E-state index contributed by atoms with van der Waals surface area (Å²) in [7, 11) is 0. The Kier molecular flexibility index (Phi) is 2.82. The molecule has 3 atom stereocenters. The number of amides is 1. The van der Waals surface area contributed by atoms with Gasteiger partial charge in [-0.3, -0.25) is 4.79 Å². The molecule has 2 aliphatic rings. The van der Waals surface area contributed by atoms with Gasteiger partial charge >= 0.3 is 0 Å². The molecule has 21 heavy (non-hydrogen) atoms. The Balaban J connectivity index is 1.53. The van der Waals surface area contributed by atoms with Gasteiger partial charge in [-0.2, -0.15) is 0 Å². The summed E-state index contributed by atoms with van der Waals surface area (Å²) in [6.07, 6.45) is 0.999. The molecule has 0 bridgehead atoms. The predicted molar refractivity (Wildman–Crippen MR) is 81.0 cm³/mol. The van der Waals surface area contributed by atoms with Crippen LogP contribution in [0.4, 0.5) is 5.69 Å². The first kappa shape index (κ1) is 12.6. The van der Waals surface area contributed by atoms with Gasteiger partial charge in [-0.25, -0.2) is 0 Å². The maximum absolute atomic E-state index is 11.4. The fraction of sp³-hybridized carbons (Fsp3) is 0.278. The Morgan fingerprint density at radius 3 is 2.76 bits per heavy atom. The number of benzene rings is 2. The molecular weight excluding hydrogens is 262 g/mol. The predicted octanol–water partition coefficient (Wildman–Crippen LogP) is 3.02. The van der Waals surface area contributed by atoms with Crippen molar-refractivity contribution in [2.75, 3.05) is 5.32 Å². The molecule has 3 nitrogen and oxygen atoms in total. The Hall–Kier alpha value is -2.13. The Labute approximate surface area is 123 Å². The van der Waals surface area contributed by atoms with E-state index in [9.17, 15) is 9.90 Å². The molecule has 0 aromatic heterocycles. The molecular formula is C18H17NO2. The normalized spacial score (nSPS) is 24.3.